The van der Waals surface area contributed by atoms with Gasteiger partial charge in [0, 0.05) is 0 Å². The van der Waals surface area contributed by atoms with Gasteiger partial charge in [-0.15, -0.1) is 0 Å². The SMILES string of the molecule is COC(=O)c1ccc(CCC(C)(C)C)cc1. The standard InChI is InChI=1S/C14H20O2/c1-14(2,3)10-9-11-5-7-12(8-6-11)13(15)16-4/h5-8H,9-10H2,1-4H3. The van der Waals surface area contributed by atoms with Crippen LogP contribution < -0.4 is 0 Å². The summed E-state index contributed by atoms with van der Waals surface area (Å²) < 4.78 is 4.65. The molecule has 2 nitrogen and oxygen atoms in total. The predicted octanol–water partition coefficient (Wildman–Crippen LogP) is 3.45. The van der Waals surface area contributed by atoms with Gasteiger partial charge in [0.1, 0.15) is 0 Å². The number of carbonyl (C=O) groups is 1. The molecular formula is C14H20O2. The minimum atomic E-state index is -0.276. The van der Waals surface area contributed by atoms with Gasteiger partial charge < -0.3 is 4.74 Å². The number of methoxy groups -OCH3 is 1. The van der Waals surface area contributed by atoms with E-state index < -0.39 is 0 Å². The topological polar surface area (TPSA) is 26.3 Å². The van der Waals surface area contributed by atoms with E-state index in [4.69, 9.17) is 0 Å². The van der Waals surface area contributed by atoms with Crippen molar-refractivity contribution in [2.45, 2.75) is 33.6 Å². The van der Waals surface area contributed by atoms with Crippen LogP contribution in [0.5, 0.6) is 0 Å². The van der Waals surface area contributed by atoms with Gasteiger partial charge >= 0.3 is 5.97 Å². The van der Waals surface area contributed by atoms with Gasteiger partial charge in [-0.25, -0.2) is 4.79 Å². The first-order chi connectivity index (χ1) is 7.42. The Kier molecular flexibility index (Phi) is 4.11. The maximum atomic E-state index is 11.2. The molecule has 0 aromatic heterocycles. The summed E-state index contributed by atoms with van der Waals surface area (Å²) in [6.45, 7) is 6.70. The van der Waals surface area contributed by atoms with Gasteiger partial charge in [-0.2, -0.15) is 0 Å². The van der Waals surface area contributed by atoms with E-state index in [1.165, 1.54) is 12.7 Å². The fourth-order valence-corrected chi connectivity index (χ4v) is 1.44. The van der Waals surface area contributed by atoms with E-state index in [0.29, 0.717) is 11.0 Å². The van der Waals surface area contributed by atoms with Crippen molar-refractivity contribution in [1.82, 2.24) is 0 Å². The van der Waals surface area contributed by atoms with E-state index in [0.717, 1.165) is 12.8 Å². The Balaban J connectivity index is 2.62. The van der Waals surface area contributed by atoms with Crippen LogP contribution in [-0.2, 0) is 11.2 Å². The van der Waals surface area contributed by atoms with Gasteiger partial charge in [-0.05, 0) is 36.0 Å². The van der Waals surface area contributed by atoms with Crippen molar-refractivity contribution in [3.63, 3.8) is 0 Å². The van der Waals surface area contributed by atoms with Crippen molar-refractivity contribution >= 4 is 5.97 Å². The molecule has 1 aromatic carbocycles. The van der Waals surface area contributed by atoms with Crippen LogP contribution >= 0.6 is 0 Å². The van der Waals surface area contributed by atoms with Crippen LogP contribution in [0.1, 0.15) is 43.1 Å². The number of rotatable bonds is 3. The molecule has 1 aromatic rings. The molecule has 2 heteroatoms. The van der Waals surface area contributed by atoms with E-state index in [-0.39, 0.29) is 5.97 Å². The number of hydrogen-bond donors (Lipinski definition) is 0. The van der Waals surface area contributed by atoms with Crippen molar-refractivity contribution in [3.8, 4) is 0 Å². The molecule has 0 bridgehead atoms. The summed E-state index contributed by atoms with van der Waals surface area (Å²) in [7, 11) is 1.40. The number of esters is 1. The molecule has 88 valence electrons. The van der Waals surface area contributed by atoms with Crippen molar-refractivity contribution in [2.75, 3.05) is 7.11 Å². The minimum Gasteiger partial charge on any atom is -0.465 e. The molecule has 0 saturated carbocycles. The maximum absolute atomic E-state index is 11.2. The van der Waals surface area contributed by atoms with E-state index in [1.807, 2.05) is 24.3 Å². The Hall–Kier alpha value is -1.31. The minimum absolute atomic E-state index is 0.276. The van der Waals surface area contributed by atoms with Crippen LogP contribution in [0.15, 0.2) is 24.3 Å². The van der Waals surface area contributed by atoms with Gasteiger partial charge in [0.25, 0.3) is 0 Å². The zero-order valence-corrected chi connectivity index (χ0v) is 10.5. The highest BCUT2D eigenvalue weighted by atomic mass is 16.5. The van der Waals surface area contributed by atoms with Gasteiger partial charge in [-0.3, -0.25) is 0 Å². The van der Waals surface area contributed by atoms with Crippen molar-refractivity contribution in [3.05, 3.63) is 35.4 Å². The van der Waals surface area contributed by atoms with E-state index in [9.17, 15) is 4.79 Å². The third kappa shape index (κ3) is 4.05. The highest BCUT2D eigenvalue weighted by molar-refractivity contribution is 5.89. The molecule has 0 spiro atoms. The second-order valence-corrected chi connectivity index (χ2v) is 5.25. The molecule has 0 aliphatic rings. The Bertz CT molecular complexity index is 344. The quantitative estimate of drug-likeness (QED) is 0.729. The zero-order valence-electron chi connectivity index (χ0n) is 10.5. The second kappa shape index (κ2) is 5.15. The number of benzene rings is 1. The summed E-state index contributed by atoms with van der Waals surface area (Å²) in [6, 6.07) is 7.64. The molecule has 0 fully saturated rings. The lowest BCUT2D eigenvalue weighted by Gasteiger charge is -2.17. The summed E-state index contributed by atoms with van der Waals surface area (Å²) in [4.78, 5) is 11.2. The summed E-state index contributed by atoms with van der Waals surface area (Å²) in [5.74, 6) is -0.276. The Morgan fingerprint density at radius 3 is 2.19 bits per heavy atom. The summed E-state index contributed by atoms with van der Waals surface area (Å²) in [5, 5.41) is 0. The predicted molar refractivity (Wildman–Crippen MR) is 65.6 cm³/mol. The molecule has 0 heterocycles. The summed E-state index contributed by atoms with van der Waals surface area (Å²) in [5.41, 5.74) is 2.23. The second-order valence-electron chi connectivity index (χ2n) is 5.25. The van der Waals surface area contributed by atoms with Gasteiger partial charge in [-0.1, -0.05) is 32.9 Å². The molecule has 0 radical (unpaired) electrons. The lowest BCUT2D eigenvalue weighted by Crippen LogP contribution is -2.06. The molecule has 0 atom stereocenters. The maximum Gasteiger partial charge on any atom is 0.337 e. The molecule has 1 rings (SSSR count). The summed E-state index contributed by atoms with van der Waals surface area (Å²) in [6.07, 6.45) is 2.19. The van der Waals surface area contributed by atoms with Crippen LogP contribution in [0.3, 0.4) is 0 Å². The van der Waals surface area contributed by atoms with Gasteiger partial charge in [0.2, 0.25) is 0 Å². The van der Waals surface area contributed by atoms with Crippen LogP contribution in [0.4, 0.5) is 0 Å². The lowest BCUT2D eigenvalue weighted by molar-refractivity contribution is 0.0600. The monoisotopic (exact) mass is 220 g/mol. The van der Waals surface area contributed by atoms with Crippen molar-refractivity contribution in [1.29, 1.82) is 0 Å². The highest BCUT2D eigenvalue weighted by Crippen LogP contribution is 2.21. The number of ether oxygens (including phenoxy) is 1. The number of carbonyl (C=O) groups excluding carboxylic acids is 1. The molecular weight excluding hydrogens is 200 g/mol. The van der Waals surface area contributed by atoms with E-state index >= 15 is 0 Å². The van der Waals surface area contributed by atoms with Gasteiger partial charge in [0.05, 0.1) is 12.7 Å². The van der Waals surface area contributed by atoms with Crippen LogP contribution in [0.2, 0.25) is 0 Å². The fourth-order valence-electron chi connectivity index (χ4n) is 1.44. The Morgan fingerprint density at radius 2 is 1.75 bits per heavy atom. The largest absolute Gasteiger partial charge is 0.465 e. The average molecular weight is 220 g/mol. The first kappa shape index (κ1) is 12.8. The average Bonchev–Trinajstić information content (AvgIpc) is 2.25. The van der Waals surface area contributed by atoms with Crippen LogP contribution in [-0.4, -0.2) is 13.1 Å². The third-order valence-corrected chi connectivity index (χ3v) is 2.54. The molecule has 0 N–H and O–H groups in total. The fraction of sp³-hybridized carbons (Fsp3) is 0.500. The third-order valence-electron chi connectivity index (χ3n) is 2.54. The molecule has 0 unspecified atom stereocenters. The zero-order chi connectivity index (χ0) is 12.2. The molecule has 0 amide bonds. The highest BCUT2D eigenvalue weighted by Gasteiger charge is 2.10. The lowest BCUT2D eigenvalue weighted by atomic mass is 9.88. The van der Waals surface area contributed by atoms with E-state index in [2.05, 4.69) is 25.5 Å². The van der Waals surface area contributed by atoms with Gasteiger partial charge in [0.15, 0.2) is 0 Å². The van der Waals surface area contributed by atoms with Crippen molar-refractivity contribution in [2.24, 2.45) is 5.41 Å². The van der Waals surface area contributed by atoms with Crippen LogP contribution in [0, 0.1) is 5.41 Å². The molecule has 0 aliphatic heterocycles. The normalized spacial score (nSPS) is 11.2. The van der Waals surface area contributed by atoms with Crippen molar-refractivity contribution < 1.29 is 9.53 Å². The Labute approximate surface area is 97.6 Å². The number of aryl methyl sites for hydroxylation is 1. The smallest absolute Gasteiger partial charge is 0.337 e. The Morgan fingerprint density at radius 1 is 1.19 bits per heavy atom. The first-order valence-electron chi connectivity index (χ1n) is 5.59. The summed E-state index contributed by atoms with van der Waals surface area (Å²) >= 11 is 0. The molecule has 16 heavy (non-hydrogen) atoms. The van der Waals surface area contributed by atoms with E-state index in [1.54, 1.807) is 0 Å². The van der Waals surface area contributed by atoms with Crippen LogP contribution in [0.25, 0.3) is 0 Å². The molecule has 0 aliphatic carbocycles. The molecule has 0 saturated heterocycles. The first-order valence-corrected chi connectivity index (χ1v) is 5.59. The number of hydrogen-bond acceptors (Lipinski definition) is 2.